The van der Waals surface area contributed by atoms with Crippen molar-refractivity contribution in [3.8, 4) is 16.9 Å². The van der Waals surface area contributed by atoms with Crippen LogP contribution in [0.1, 0.15) is 42.3 Å². The van der Waals surface area contributed by atoms with E-state index in [1.165, 1.54) is 22.3 Å². The van der Waals surface area contributed by atoms with Gasteiger partial charge in [-0.25, -0.2) is 0 Å². The maximum absolute atomic E-state index is 6.63. The highest BCUT2D eigenvalue weighted by Crippen LogP contribution is 2.49. The van der Waals surface area contributed by atoms with Crippen LogP contribution in [0, 0.1) is 0 Å². The molecule has 0 amide bonds. The number of piperidine rings is 1. The van der Waals surface area contributed by atoms with Crippen LogP contribution in [-0.4, -0.2) is 30.8 Å². The van der Waals surface area contributed by atoms with Gasteiger partial charge in [0.2, 0.25) is 0 Å². The number of pyridine rings is 1. The number of hydrogen-bond acceptors (Lipinski definition) is 4. The van der Waals surface area contributed by atoms with Crippen molar-refractivity contribution in [1.29, 1.82) is 0 Å². The lowest BCUT2D eigenvalue weighted by Crippen LogP contribution is -2.48. The molecule has 1 aromatic heterocycles. The molecule has 3 aromatic rings. The first-order chi connectivity index (χ1) is 14.8. The van der Waals surface area contributed by atoms with E-state index in [9.17, 15) is 0 Å². The Kier molecular flexibility index (Phi) is 5.28. The van der Waals surface area contributed by atoms with Crippen molar-refractivity contribution in [3.05, 3.63) is 84.2 Å². The molecule has 2 fully saturated rings. The molecule has 30 heavy (non-hydrogen) atoms. The summed E-state index contributed by atoms with van der Waals surface area (Å²) in [6.07, 6.45) is 6.90. The van der Waals surface area contributed by atoms with Gasteiger partial charge in [-0.15, -0.1) is 0 Å². The van der Waals surface area contributed by atoms with Gasteiger partial charge in [-0.05, 0) is 66.8 Å². The molecule has 154 valence electrons. The van der Waals surface area contributed by atoms with Crippen molar-refractivity contribution in [2.24, 2.45) is 0 Å². The molecule has 0 bridgehead atoms. The second-order valence-electron chi connectivity index (χ2n) is 8.37. The molecule has 1 spiro atoms. The monoisotopic (exact) mass is 400 g/mol. The number of ether oxygens (including phenoxy) is 2. The molecule has 4 heteroatoms. The molecule has 3 heterocycles. The Bertz CT molecular complexity index is 992. The molecule has 2 aliphatic heterocycles. The average Bonchev–Trinajstić information content (AvgIpc) is 3.24. The third-order valence-electron chi connectivity index (χ3n) is 6.63. The predicted octanol–water partition coefficient (Wildman–Crippen LogP) is 5.12. The van der Waals surface area contributed by atoms with Gasteiger partial charge in [0.15, 0.2) is 0 Å². The Labute approximate surface area is 178 Å². The lowest BCUT2D eigenvalue weighted by Gasteiger charge is -2.41. The minimum absolute atomic E-state index is 0.165. The van der Waals surface area contributed by atoms with E-state index in [0.717, 1.165) is 38.2 Å². The van der Waals surface area contributed by atoms with E-state index in [4.69, 9.17) is 9.47 Å². The highest BCUT2D eigenvalue weighted by molar-refractivity contribution is 5.65. The smallest absolute Gasteiger partial charge is 0.122 e. The molecule has 0 unspecified atom stereocenters. The van der Waals surface area contributed by atoms with E-state index in [-0.39, 0.29) is 11.6 Å². The number of rotatable bonds is 4. The van der Waals surface area contributed by atoms with E-state index in [1.807, 2.05) is 12.4 Å². The van der Waals surface area contributed by atoms with Gasteiger partial charge in [-0.3, -0.25) is 4.98 Å². The first-order valence-corrected chi connectivity index (χ1v) is 10.8. The fourth-order valence-electron chi connectivity index (χ4n) is 5.19. The van der Waals surface area contributed by atoms with Crippen LogP contribution in [0.3, 0.4) is 0 Å². The maximum atomic E-state index is 6.63. The Balaban J connectivity index is 1.47. The molecule has 0 radical (unpaired) electrons. The molecule has 0 saturated carbocycles. The van der Waals surface area contributed by atoms with E-state index in [2.05, 4.69) is 71.0 Å². The van der Waals surface area contributed by atoms with Gasteiger partial charge in [0.05, 0.1) is 25.4 Å². The van der Waals surface area contributed by atoms with Crippen molar-refractivity contribution < 1.29 is 9.47 Å². The molecule has 2 aromatic carbocycles. The van der Waals surface area contributed by atoms with Gasteiger partial charge in [-0.1, -0.05) is 36.4 Å². The zero-order valence-corrected chi connectivity index (χ0v) is 17.4. The predicted molar refractivity (Wildman–Crippen MR) is 119 cm³/mol. The highest BCUT2D eigenvalue weighted by Gasteiger charge is 2.49. The fraction of sp³-hybridized carbons (Fsp3) is 0.346. The molecule has 0 aliphatic carbocycles. The second-order valence-corrected chi connectivity index (χ2v) is 8.37. The number of nitrogens with zero attached hydrogens (tertiary/aromatic N) is 1. The molecule has 1 N–H and O–H groups in total. The lowest BCUT2D eigenvalue weighted by molar-refractivity contribution is -0.0484. The summed E-state index contributed by atoms with van der Waals surface area (Å²) in [5.74, 6) is 1.26. The van der Waals surface area contributed by atoms with Crippen LogP contribution in [0.2, 0.25) is 0 Å². The first kappa shape index (κ1) is 19.3. The molecule has 2 saturated heterocycles. The van der Waals surface area contributed by atoms with Crippen molar-refractivity contribution in [2.45, 2.75) is 36.8 Å². The zero-order chi connectivity index (χ0) is 20.4. The number of aromatic nitrogens is 1. The van der Waals surface area contributed by atoms with Gasteiger partial charge >= 0.3 is 0 Å². The summed E-state index contributed by atoms with van der Waals surface area (Å²) < 4.78 is 12.4. The molecule has 4 nitrogen and oxygen atoms in total. The molecule has 5 rings (SSSR count). The van der Waals surface area contributed by atoms with Crippen LogP contribution >= 0.6 is 0 Å². The number of hydrogen-bond donors (Lipinski definition) is 1. The number of methoxy groups -OCH3 is 1. The van der Waals surface area contributed by atoms with Crippen LogP contribution < -0.4 is 10.1 Å². The van der Waals surface area contributed by atoms with Gasteiger partial charge in [0.1, 0.15) is 5.75 Å². The van der Waals surface area contributed by atoms with E-state index in [1.54, 1.807) is 7.11 Å². The van der Waals surface area contributed by atoms with E-state index >= 15 is 0 Å². The first-order valence-electron chi connectivity index (χ1n) is 10.8. The normalized spacial score (nSPS) is 26.0. The van der Waals surface area contributed by atoms with Crippen molar-refractivity contribution in [1.82, 2.24) is 10.3 Å². The summed E-state index contributed by atoms with van der Waals surface area (Å²) >= 11 is 0. The largest absolute Gasteiger partial charge is 0.496 e. The van der Waals surface area contributed by atoms with Crippen molar-refractivity contribution in [2.75, 3.05) is 20.3 Å². The van der Waals surface area contributed by atoms with Crippen molar-refractivity contribution in [3.63, 3.8) is 0 Å². The van der Waals surface area contributed by atoms with E-state index in [0.29, 0.717) is 5.92 Å². The third-order valence-corrected chi connectivity index (χ3v) is 6.63. The Morgan fingerprint density at radius 2 is 1.87 bits per heavy atom. The summed E-state index contributed by atoms with van der Waals surface area (Å²) in [6.45, 7) is 1.76. The van der Waals surface area contributed by atoms with Gasteiger partial charge < -0.3 is 14.8 Å². The quantitative estimate of drug-likeness (QED) is 0.660. The topological polar surface area (TPSA) is 43.4 Å². The third kappa shape index (κ3) is 3.51. The summed E-state index contributed by atoms with van der Waals surface area (Å²) in [6, 6.07) is 21.6. The number of benzene rings is 2. The second kappa shape index (κ2) is 8.21. The Hall–Kier alpha value is -2.69. The molecular formula is C26H28N2O2. The van der Waals surface area contributed by atoms with Gasteiger partial charge in [0, 0.05) is 23.9 Å². The number of nitrogens with one attached hydrogen (secondary N) is 1. The highest BCUT2D eigenvalue weighted by atomic mass is 16.5. The Morgan fingerprint density at radius 3 is 2.67 bits per heavy atom. The van der Waals surface area contributed by atoms with Crippen LogP contribution in [0.4, 0.5) is 0 Å². The zero-order valence-electron chi connectivity index (χ0n) is 17.4. The van der Waals surface area contributed by atoms with E-state index < -0.39 is 0 Å². The maximum Gasteiger partial charge on any atom is 0.122 e. The summed E-state index contributed by atoms with van der Waals surface area (Å²) in [5.41, 5.74) is 4.75. The van der Waals surface area contributed by atoms with Crippen LogP contribution in [0.5, 0.6) is 5.75 Å². The molecule has 2 aliphatic rings. The molecular weight excluding hydrogens is 372 g/mol. The summed E-state index contributed by atoms with van der Waals surface area (Å²) in [7, 11) is 1.76. The molecule has 3 atom stereocenters. The fourth-order valence-corrected chi connectivity index (χ4v) is 5.19. The Morgan fingerprint density at radius 1 is 1.03 bits per heavy atom. The average molecular weight is 401 g/mol. The van der Waals surface area contributed by atoms with Crippen LogP contribution in [0.25, 0.3) is 11.1 Å². The standard InChI is InChI=1S/C26H28N2O2/c1-29-24-9-8-21(19-10-14-27-15-11-19)16-23(24)22-17-26(30-18-22)12-5-13-28-25(26)20-6-3-2-4-7-20/h2-4,6-11,14-16,22,25,28H,5,12-13,17-18H2,1H3/t22-,25+,26-/m1/s1. The van der Waals surface area contributed by atoms with Crippen LogP contribution in [-0.2, 0) is 4.74 Å². The SMILES string of the molecule is COc1ccc(-c2ccncc2)cc1[C@H]1CO[C@]2(CCCN[C@H]2c2ccccc2)C1. The minimum atomic E-state index is -0.165. The van der Waals surface area contributed by atoms with Gasteiger partial charge in [0.25, 0.3) is 0 Å². The minimum Gasteiger partial charge on any atom is -0.496 e. The summed E-state index contributed by atoms with van der Waals surface area (Å²) in [4.78, 5) is 4.15. The van der Waals surface area contributed by atoms with Crippen molar-refractivity contribution >= 4 is 0 Å². The summed E-state index contributed by atoms with van der Waals surface area (Å²) in [5, 5.41) is 3.74. The van der Waals surface area contributed by atoms with Gasteiger partial charge in [-0.2, -0.15) is 0 Å². The van der Waals surface area contributed by atoms with Crippen LogP contribution in [0.15, 0.2) is 73.1 Å². The lowest BCUT2D eigenvalue weighted by atomic mass is 9.76.